The van der Waals surface area contributed by atoms with Crippen LogP contribution in [-0.4, -0.2) is 51.0 Å². The van der Waals surface area contributed by atoms with Gasteiger partial charge in [0.2, 0.25) is 11.9 Å². The molecular weight excluding hydrogens is 397 g/mol. The summed E-state index contributed by atoms with van der Waals surface area (Å²) in [6, 6.07) is 8.50. The van der Waals surface area contributed by atoms with Gasteiger partial charge in [0.25, 0.3) is 0 Å². The fraction of sp³-hybridized carbons (Fsp3) is 0.368. The molecule has 1 aliphatic rings. The highest BCUT2D eigenvalue weighted by Gasteiger charge is 2.25. The number of hydrogen-bond acceptors (Lipinski definition) is 7. The van der Waals surface area contributed by atoms with E-state index >= 15 is 0 Å². The summed E-state index contributed by atoms with van der Waals surface area (Å²) in [6.45, 7) is 1.62. The van der Waals surface area contributed by atoms with E-state index in [1.807, 2.05) is 23.6 Å². The fourth-order valence-corrected chi connectivity index (χ4v) is 3.33. The zero-order valence-corrected chi connectivity index (χ0v) is 17.1. The molecule has 10 heteroatoms. The first-order valence-electron chi connectivity index (χ1n) is 9.19. The van der Waals surface area contributed by atoms with Gasteiger partial charge in [-0.15, -0.1) is 22.6 Å². The smallest absolute Gasteiger partial charge is 0.316 e. The number of aromatic nitrogens is 5. The molecule has 0 N–H and O–H groups in total. The molecule has 0 aliphatic carbocycles. The topological polar surface area (TPSA) is 72.2 Å². The van der Waals surface area contributed by atoms with Crippen molar-refractivity contribution in [1.82, 2.24) is 24.7 Å². The van der Waals surface area contributed by atoms with Gasteiger partial charge in [0, 0.05) is 58.1 Å². The van der Waals surface area contributed by atoms with Crippen LogP contribution in [0.25, 0.3) is 0 Å². The molecule has 0 unspecified atom stereocenters. The lowest BCUT2D eigenvalue weighted by Gasteiger charge is -2.32. The van der Waals surface area contributed by atoms with Crippen LogP contribution in [0.5, 0.6) is 6.01 Å². The van der Waals surface area contributed by atoms with Gasteiger partial charge in [-0.3, -0.25) is 4.57 Å². The van der Waals surface area contributed by atoms with E-state index in [1.165, 1.54) is 12.1 Å². The standard InChI is InChI=1S/C19H22FN7O.ClH/c1-25(15-6-4-14(20)5-7-15)18-23-24-19(26(18)2)27-12-8-16(9-13-27)28-17-21-10-3-11-22-17;/h3-7,10-11,16H,8-9,12-13H2,1-2H3;1H. The van der Waals surface area contributed by atoms with Crippen molar-refractivity contribution in [3.63, 3.8) is 0 Å². The average Bonchev–Trinajstić information content (AvgIpc) is 3.11. The second-order valence-electron chi connectivity index (χ2n) is 6.73. The second kappa shape index (κ2) is 9.04. The van der Waals surface area contributed by atoms with Gasteiger partial charge in [-0.1, -0.05) is 0 Å². The van der Waals surface area contributed by atoms with E-state index in [-0.39, 0.29) is 24.3 Å². The molecule has 3 heterocycles. The van der Waals surface area contributed by atoms with Crippen LogP contribution in [0, 0.1) is 5.82 Å². The lowest BCUT2D eigenvalue weighted by atomic mass is 10.1. The number of piperidine rings is 1. The Bertz CT molecular complexity index is 914. The third-order valence-electron chi connectivity index (χ3n) is 4.88. The predicted molar refractivity (Wildman–Crippen MR) is 111 cm³/mol. The Morgan fingerprint density at radius 2 is 1.72 bits per heavy atom. The number of rotatable bonds is 5. The molecule has 29 heavy (non-hydrogen) atoms. The van der Waals surface area contributed by atoms with Crippen LogP contribution in [0.2, 0.25) is 0 Å². The summed E-state index contributed by atoms with van der Waals surface area (Å²) in [5, 5.41) is 8.70. The summed E-state index contributed by atoms with van der Waals surface area (Å²) in [4.78, 5) is 12.3. The minimum atomic E-state index is -0.262. The van der Waals surface area contributed by atoms with Crippen LogP contribution >= 0.6 is 12.4 Å². The van der Waals surface area contributed by atoms with Gasteiger partial charge in [0.1, 0.15) is 11.9 Å². The zero-order valence-electron chi connectivity index (χ0n) is 16.3. The van der Waals surface area contributed by atoms with Crippen molar-refractivity contribution < 1.29 is 9.13 Å². The third-order valence-corrected chi connectivity index (χ3v) is 4.88. The van der Waals surface area contributed by atoms with E-state index in [2.05, 4.69) is 25.1 Å². The number of nitrogens with zero attached hydrogens (tertiary/aromatic N) is 7. The van der Waals surface area contributed by atoms with Crippen molar-refractivity contribution >= 4 is 30.0 Å². The van der Waals surface area contributed by atoms with Crippen molar-refractivity contribution in [3.8, 4) is 6.01 Å². The molecular formula is C19H23ClFN7O. The highest BCUT2D eigenvalue weighted by Crippen LogP contribution is 2.26. The molecule has 1 aliphatic heterocycles. The first-order valence-corrected chi connectivity index (χ1v) is 9.19. The van der Waals surface area contributed by atoms with Crippen LogP contribution in [0.4, 0.5) is 22.0 Å². The molecule has 8 nitrogen and oxygen atoms in total. The minimum Gasteiger partial charge on any atom is -0.460 e. The summed E-state index contributed by atoms with van der Waals surface area (Å²) in [6.07, 6.45) is 5.16. The van der Waals surface area contributed by atoms with E-state index < -0.39 is 0 Å². The highest BCUT2D eigenvalue weighted by atomic mass is 35.5. The van der Waals surface area contributed by atoms with E-state index in [0.717, 1.165) is 37.6 Å². The van der Waals surface area contributed by atoms with Crippen LogP contribution < -0.4 is 14.5 Å². The van der Waals surface area contributed by atoms with Gasteiger partial charge in [-0.2, -0.15) is 0 Å². The highest BCUT2D eigenvalue weighted by molar-refractivity contribution is 5.85. The summed E-state index contributed by atoms with van der Waals surface area (Å²) >= 11 is 0. The van der Waals surface area contributed by atoms with Crippen molar-refractivity contribution in [3.05, 3.63) is 48.5 Å². The minimum absolute atomic E-state index is 0. The molecule has 3 aromatic rings. The molecule has 0 saturated carbocycles. The Labute approximate surface area is 174 Å². The maximum Gasteiger partial charge on any atom is 0.316 e. The Morgan fingerprint density at radius 1 is 1.07 bits per heavy atom. The first-order chi connectivity index (χ1) is 13.6. The van der Waals surface area contributed by atoms with Crippen molar-refractivity contribution in [2.45, 2.75) is 18.9 Å². The molecule has 1 saturated heterocycles. The van der Waals surface area contributed by atoms with Crippen molar-refractivity contribution in [2.24, 2.45) is 7.05 Å². The summed E-state index contributed by atoms with van der Waals surface area (Å²) < 4.78 is 21.0. The first kappa shape index (κ1) is 20.8. The van der Waals surface area contributed by atoms with Gasteiger partial charge < -0.3 is 14.5 Å². The Balaban J connectivity index is 0.00000240. The Hall–Kier alpha value is -2.94. The normalized spacial score (nSPS) is 14.4. The summed E-state index contributed by atoms with van der Waals surface area (Å²) in [5.41, 5.74) is 0.846. The third kappa shape index (κ3) is 4.56. The molecule has 0 spiro atoms. The van der Waals surface area contributed by atoms with Gasteiger partial charge >= 0.3 is 6.01 Å². The van der Waals surface area contributed by atoms with Crippen LogP contribution in [0.3, 0.4) is 0 Å². The number of anilines is 3. The van der Waals surface area contributed by atoms with Gasteiger partial charge in [-0.05, 0) is 30.3 Å². The fourth-order valence-electron chi connectivity index (χ4n) is 3.33. The van der Waals surface area contributed by atoms with Gasteiger partial charge in [-0.25, -0.2) is 14.4 Å². The summed E-state index contributed by atoms with van der Waals surface area (Å²) in [7, 11) is 3.83. The number of hydrogen-bond donors (Lipinski definition) is 0. The molecule has 0 atom stereocenters. The molecule has 2 aromatic heterocycles. The summed E-state index contributed by atoms with van der Waals surface area (Å²) in [5.74, 6) is 1.23. The monoisotopic (exact) mass is 419 g/mol. The van der Waals surface area contributed by atoms with Crippen molar-refractivity contribution in [1.29, 1.82) is 0 Å². The van der Waals surface area contributed by atoms with E-state index in [1.54, 1.807) is 30.6 Å². The number of halogens is 2. The quantitative estimate of drug-likeness (QED) is 0.629. The van der Waals surface area contributed by atoms with E-state index in [4.69, 9.17) is 4.74 Å². The predicted octanol–water partition coefficient (Wildman–Crippen LogP) is 2.98. The van der Waals surface area contributed by atoms with Crippen LogP contribution in [0.1, 0.15) is 12.8 Å². The van der Waals surface area contributed by atoms with Crippen molar-refractivity contribution in [2.75, 3.05) is 29.9 Å². The van der Waals surface area contributed by atoms with E-state index in [0.29, 0.717) is 12.0 Å². The molecule has 0 bridgehead atoms. The SMILES string of the molecule is CN(c1ccc(F)cc1)c1nnc(N2CCC(Oc3ncccn3)CC2)n1C.Cl. The lowest BCUT2D eigenvalue weighted by molar-refractivity contribution is 0.156. The lowest BCUT2D eigenvalue weighted by Crippen LogP contribution is -2.39. The Morgan fingerprint density at radius 3 is 2.38 bits per heavy atom. The molecule has 1 aromatic carbocycles. The van der Waals surface area contributed by atoms with Crippen LogP contribution in [-0.2, 0) is 7.05 Å². The van der Waals surface area contributed by atoms with Crippen LogP contribution in [0.15, 0.2) is 42.7 Å². The maximum absolute atomic E-state index is 13.2. The van der Waals surface area contributed by atoms with Gasteiger partial charge in [0.05, 0.1) is 0 Å². The largest absolute Gasteiger partial charge is 0.460 e. The van der Waals surface area contributed by atoms with Gasteiger partial charge in [0.15, 0.2) is 0 Å². The second-order valence-corrected chi connectivity index (χ2v) is 6.73. The number of ether oxygens (including phenoxy) is 1. The molecule has 154 valence electrons. The average molecular weight is 420 g/mol. The molecule has 4 rings (SSSR count). The number of benzene rings is 1. The maximum atomic E-state index is 13.2. The van der Waals surface area contributed by atoms with E-state index in [9.17, 15) is 4.39 Å². The Kier molecular flexibility index (Phi) is 6.48. The molecule has 0 radical (unpaired) electrons. The zero-order chi connectivity index (χ0) is 19.5. The molecule has 0 amide bonds. The molecule has 1 fully saturated rings.